The van der Waals surface area contributed by atoms with Gasteiger partial charge in [0.2, 0.25) is 0 Å². The Balaban J connectivity index is 0. The van der Waals surface area contributed by atoms with E-state index < -0.39 is 15.8 Å². The van der Waals surface area contributed by atoms with Crippen molar-refractivity contribution in [2.45, 2.75) is 13.8 Å². The van der Waals surface area contributed by atoms with Crippen LogP contribution in [0.15, 0.2) is 0 Å². The average Bonchev–Trinajstić information content (AvgIpc) is 2.05. The Morgan fingerprint density at radius 3 is 1.73 bits per heavy atom. The summed E-state index contributed by atoms with van der Waals surface area (Å²) in [6.07, 6.45) is 2.25. The second-order valence-electron chi connectivity index (χ2n) is 2.00. The molecule has 11 heavy (non-hydrogen) atoms. The maximum atomic E-state index is 11.3. The first-order chi connectivity index (χ1) is 5.10. The van der Waals surface area contributed by atoms with E-state index in [0.717, 1.165) is 12.3 Å². The van der Waals surface area contributed by atoms with Crippen molar-refractivity contribution in [3.05, 3.63) is 6.92 Å². The molecule has 5 heteroatoms. The van der Waals surface area contributed by atoms with Gasteiger partial charge in [0.1, 0.15) is 0 Å². The van der Waals surface area contributed by atoms with Crippen molar-refractivity contribution in [2.75, 3.05) is 18.5 Å². The molecule has 0 aliphatic carbocycles. The molecule has 0 bridgehead atoms. The Morgan fingerprint density at radius 1 is 1.45 bits per heavy atom. The molecule has 67 valence electrons. The van der Waals surface area contributed by atoms with Crippen molar-refractivity contribution in [1.29, 1.82) is 0 Å². The summed E-state index contributed by atoms with van der Waals surface area (Å²) in [7, 11) is -2.61. The van der Waals surface area contributed by atoms with E-state index in [1.54, 1.807) is 0 Å². The topological polar surface area (TPSA) is 54.4 Å². The molecule has 1 radical (unpaired) electrons. The summed E-state index contributed by atoms with van der Waals surface area (Å²) in [5.41, 5.74) is 0. The highest BCUT2D eigenvalue weighted by Gasteiger charge is 2.11. The third-order valence-corrected chi connectivity index (χ3v) is 4.68. The fourth-order valence-electron chi connectivity index (χ4n) is 0.540. The molecule has 0 aliphatic heterocycles. The fourth-order valence-corrected chi connectivity index (χ4v) is 1.62. The third-order valence-electron chi connectivity index (χ3n) is 1.56. The lowest BCUT2D eigenvalue weighted by Crippen LogP contribution is -1.90. The van der Waals surface area contributed by atoms with Gasteiger partial charge in [0.05, 0.1) is 7.14 Å². The van der Waals surface area contributed by atoms with Crippen LogP contribution in [-0.2, 0) is 9.13 Å². The summed E-state index contributed by atoms with van der Waals surface area (Å²) in [5, 5.41) is 0. The van der Waals surface area contributed by atoms with Crippen molar-refractivity contribution >= 4 is 15.8 Å². The van der Waals surface area contributed by atoms with E-state index in [1.165, 1.54) is 0 Å². The quantitative estimate of drug-likeness (QED) is 0.706. The van der Waals surface area contributed by atoms with Crippen LogP contribution < -0.4 is 0 Å². The molecule has 0 fully saturated rings. The van der Waals surface area contributed by atoms with Gasteiger partial charge in [0, 0.05) is 6.16 Å². The van der Waals surface area contributed by atoms with Gasteiger partial charge in [0.15, 0.2) is 0 Å². The molecule has 0 aliphatic rings. The summed E-state index contributed by atoms with van der Waals surface area (Å²) in [5.74, 6) is 0. The summed E-state index contributed by atoms with van der Waals surface area (Å²) < 4.78 is 19.7. The molecule has 3 nitrogen and oxygen atoms in total. The lowest BCUT2D eigenvalue weighted by atomic mass is 10.9. The lowest BCUT2D eigenvalue weighted by Gasteiger charge is -2.08. The first-order valence-corrected chi connectivity index (χ1v) is 6.46. The fraction of sp³-hybridized carbons (Fsp3) is 0.833. The van der Waals surface area contributed by atoms with Crippen LogP contribution in [0.25, 0.3) is 0 Å². The van der Waals surface area contributed by atoms with Gasteiger partial charge in [-0.1, -0.05) is 13.8 Å². The zero-order valence-corrected chi connectivity index (χ0v) is 8.78. The average molecular weight is 197 g/mol. The van der Waals surface area contributed by atoms with Crippen LogP contribution in [0.5, 0.6) is 0 Å². The molecule has 1 N–H and O–H groups in total. The third kappa shape index (κ3) is 8.19. The first-order valence-electron chi connectivity index (χ1n) is 3.43. The number of hydrogen-bond acceptors (Lipinski definition) is 2. The molecule has 0 saturated carbocycles. The molecule has 0 aromatic heterocycles. The van der Waals surface area contributed by atoms with Crippen LogP contribution in [-0.4, -0.2) is 23.4 Å². The van der Waals surface area contributed by atoms with Gasteiger partial charge in [-0.15, -0.1) is 0 Å². The molecular weight excluding hydrogens is 182 g/mol. The van der Waals surface area contributed by atoms with E-state index >= 15 is 0 Å². The Hall–Kier alpha value is 0.290. The minimum Gasteiger partial charge on any atom is -0.324 e. The number of rotatable bonds is 3. The Kier molecular flexibility index (Phi) is 10.6. The summed E-state index contributed by atoms with van der Waals surface area (Å²) in [6.45, 7) is 7.57. The number of hydrogen-bond donors (Lipinski definition) is 1. The van der Waals surface area contributed by atoms with Crippen LogP contribution in [0.1, 0.15) is 13.8 Å². The summed E-state index contributed by atoms with van der Waals surface area (Å²) in [4.78, 5) is 6.99. The Bertz CT molecular complexity index is 117. The van der Waals surface area contributed by atoms with Crippen molar-refractivity contribution in [3.63, 3.8) is 0 Å². The second-order valence-corrected chi connectivity index (χ2v) is 5.99. The molecule has 0 unspecified atom stereocenters. The van der Waals surface area contributed by atoms with Gasteiger partial charge in [-0.2, -0.15) is 0 Å². The maximum absolute atomic E-state index is 11.3. The van der Waals surface area contributed by atoms with Crippen molar-refractivity contribution < 1.29 is 14.0 Å². The van der Waals surface area contributed by atoms with E-state index in [9.17, 15) is 4.57 Å². The van der Waals surface area contributed by atoms with Crippen molar-refractivity contribution in [3.8, 4) is 0 Å². The lowest BCUT2D eigenvalue weighted by molar-refractivity contribution is 0.524. The molecular formula is C6H15O3P2. The summed E-state index contributed by atoms with van der Waals surface area (Å²) in [6, 6.07) is 0. The minimum atomic E-state index is -1.77. The van der Waals surface area contributed by atoms with Crippen LogP contribution >= 0.6 is 15.8 Å². The summed E-state index contributed by atoms with van der Waals surface area (Å²) >= 11 is 0. The molecule has 0 heterocycles. The van der Waals surface area contributed by atoms with E-state index in [1.807, 2.05) is 13.8 Å². The van der Waals surface area contributed by atoms with Crippen LogP contribution in [0.3, 0.4) is 0 Å². The highest BCUT2D eigenvalue weighted by Crippen LogP contribution is 2.43. The monoisotopic (exact) mass is 197 g/mol. The van der Waals surface area contributed by atoms with E-state index in [2.05, 4.69) is 6.92 Å². The Morgan fingerprint density at radius 2 is 1.73 bits per heavy atom. The van der Waals surface area contributed by atoms with Crippen LogP contribution in [0.2, 0.25) is 0 Å². The molecule has 0 atom stereocenters. The van der Waals surface area contributed by atoms with E-state index in [-0.39, 0.29) is 0 Å². The molecule has 0 saturated heterocycles. The predicted octanol–water partition coefficient (Wildman–Crippen LogP) is 2.41. The largest absolute Gasteiger partial charge is 0.324 e. The molecule has 0 aromatic rings. The normalized spacial score (nSPS) is 10.5. The van der Waals surface area contributed by atoms with E-state index in [0.29, 0.717) is 6.16 Å². The van der Waals surface area contributed by atoms with Gasteiger partial charge in [-0.05, 0) is 19.2 Å². The standard InChI is InChI=1S/C6H14OP.HO2P/c1-4-8(7,5-2)6-3;1-3-2/h1,4-6H2,2-3H3;(H,1,2). The molecule has 0 spiro atoms. The predicted molar refractivity (Wildman–Crippen MR) is 48.7 cm³/mol. The van der Waals surface area contributed by atoms with Gasteiger partial charge in [-0.3, -0.25) is 0 Å². The zero-order valence-electron chi connectivity index (χ0n) is 6.99. The highest BCUT2D eigenvalue weighted by atomic mass is 31.2. The van der Waals surface area contributed by atoms with Gasteiger partial charge < -0.3 is 9.46 Å². The van der Waals surface area contributed by atoms with Crippen molar-refractivity contribution in [2.24, 2.45) is 0 Å². The molecule has 0 aromatic carbocycles. The Labute approximate surface area is 69.9 Å². The first kappa shape index (κ1) is 13.9. The van der Waals surface area contributed by atoms with Gasteiger partial charge in [-0.25, -0.2) is 4.57 Å². The zero-order chi connectivity index (χ0) is 9.33. The van der Waals surface area contributed by atoms with Gasteiger partial charge in [0.25, 0.3) is 0 Å². The molecule has 0 rings (SSSR count). The van der Waals surface area contributed by atoms with E-state index in [4.69, 9.17) is 9.46 Å². The van der Waals surface area contributed by atoms with Crippen LogP contribution in [0, 0.1) is 6.92 Å². The molecule has 0 amide bonds. The van der Waals surface area contributed by atoms with Gasteiger partial charge >= 0.3 is 8.69 Å². The second kappa shape index (κ2) is 8.39. The SMILES string of the molecule is O=PO.[CH2]CP(=O)(CC)CC. The van der Waals surface area contributed by atoms with Crippen molar-refractivity contribution in [1.82, 2.24) is 0 Å². The van der Waals surface area contributed by atoms with Crippen LogP contribution in [0.4, 0.5) is 0 Å². The minimum absolute atomic E-state index is 0.625. The highest BCUT2D eigenvalue weighted by molar-refractivity contribution is 7.63. The smallest absolute Gasteiger partial charge is 0.324 e. The maximum Gasteiger partial charge on any atom is 0.324 e.